The monoisotopic (exact) mass is 306 g/mol. The Hall–Kier alpha value is -1.68. The first-order valence-electron chi connectivity index (χ1n) is 5.54. The lowest BCUT2D eigenvalue weighted by atomic mass is 10.2. The van der Waals surface area contributed by atoms with Crippen LogP contribution in [0.3, 0.4) is 0 Å². The lowest BCUT2D eigenvalue weighted by Gasteiger charge is -2.21. The molecule has 0 saturated carbocycles. The van der Waals surface area contributed by atoms with Crippen LogP contribution < -0.4 is 15.4 Å². The summed E-state index contributed by atoms with van der Waals surface area (Å²) in [6, 6.07) is 13.7. The van der Waals surface area contributed by atoms with E-state index in [9.17, 15) is 0 Å². The second-order valence-electron chi connectivity index (χ2n) is 3.96. The van der Waals surface area contributed by atoms with E-state index in [1.54, 1.807) is 7.11 Å². The SMILES string of the molecule is COc1ccc(N(C)c2cc(Br)ccc2N)cc1. The Balaban J connectivity index is 2.34. The summed E-state index contributed by atoms with van der Waals surface area (Å²) in [4.78, 5) is 2.04. The zero-order valence-corrected chi connectivity index (χ0v) is 11.9. The highest BCUT2D eigenvalue weighted by atomic mass is 79.9. The van der Waals surface area contributed by atoms with Crippen molar-refractivity contribution in [3.8, 4) is 5.75 Å². The molecule has 2 N–H and O–H groups in total. The number of nitrogens with two attached hydrogens (primary N) is 1. The van der Waals surface area contributed by atoms with Gasteiger partial charge in [0.1, 0.15) is 5.75 Å². The maximum absolute atomic E-state index is 6.00. The van der Waals surface area contributed by atoms with Gasteiger partial charge in [-0.05, 0) is 42.5 Å². The first kappa shape index (κ1) is 12.8. The average molecular weight is 307 g/mol. The summed E-state index contributed by atoms with van der Waals surface area (Å²) < 4.78 is 6.15. The molecule has 0 saturated heterocycles. The van der Waals surface area contributed by atoms with E-state index in [1.165, 1.54) is 0 Å². The fraction of sp³-hybridized carbons (Fsp3) is 0.143. The van der Waals surface area contributed by atoms with Crippen LogP contribution in [0.15, 0.2) is 46.9 Å². The van der Waals surface area contributed by atoms with Crippen LogP contribution in [0.1, 0.15) is 0 Å². The van der Waals surface area contributed by atoms with E-state index < -0.39 is 0 Å². The third-order valence-corrected chi connectivity index (χ3v) is 3.31. The largest absolute Gasteiger partial charge is 0.497 e. The van der Waals surface area contributed by atoms with Gasteiger partial charge in [0.15, 0.2) is 0 Å². The van der Waals surface area contributed by atoms with Gasteiger partial charge < -0.3 is 15.4 Å². The Labute approximate surface area is 115 Å². The van der Waals surface area contributed by atoms with E-state index in [2.05, 4.69) is 15.9 Å². The van der Waals surface area contributed by atoms with Crippen molar-refractivity contribution < 1.29 is 4.74 Å². The van der Waals surface area contributed by atoms with Crippen molar-refractivity contribution in [1.29, 1.82) is 0 Å². The van der Waals surface area contributed by atoms with Crippen molar-refractivity contribution in [2.45, 2.75) is 0 Å². The number of rotatable bonds is 3. The molecule has 0 spiro atoms. The van der Waals surface area contributed by atoms with Gasteiger partial charge in [0.05, 0.1) is 18.5 Å². The van der Waals surface area contributed by atoms with Gasteiger partial charge in [-0.15, -0.1) is 0 Å². The number of hydrogen-bond acceptors (Lipinski definition) is 3. The quantitative estimate of drug-likeness (QED) is 0.876. The van der Waals surface area contributed by atoms with Crippen LogP contribution in [0, 0.1) is 0 Å². The first-order chi connectivity index (χ1) is 8.61. The second-order valence-corrected chi connectivity index (χ2v) is 4.88. The normalized spacial score (nSPS) is 10.2. The topological polar surface area (TPSA) is 38.5 Å². The standard InChI is InChI=1S/C14H15BrN2O/c1-17(11-4-6-12(18-2)7-5-11)14-9-10(15)3-8-13(14)16/h3-9H,16H2,1-2H3. The van der Waals surface area contributed by atoms with Gasteiger partial charge in [-0.2, -0.15) is 0 Å². The summed E-state index contributed by atoms with van der Waals surface area (Å²) in [5.41, 5.74) is 8.77. The molecule has 0 heterocycles. The maximum atomic E-state index is 6.00. The van der Waals surface area contributed by atoms with Crippen molar-refractivity contribution in [1.82, 2.24) is 0 Å². The highest BCUT2D eigenvalue weighted by Gasteiger charge is 2.08. The number of halogens is 1. The summed E-state index contributed by atoms with van der Waals surface area (Å²) in [5, 5.41) is 0. The number of methoxy groups -OCH3 is 1. The molecular weight excluding hydrogens is 292 g/mol. The lowest BCUT2D eigenvalue weighted by molar-refractivity contribution is 0.415. The van der Waals surface area contributed by atoms with Gasteiger partial charge in [0.25, 0.3) is 0 Å². The van der Waals surface area contributed by atoms with Crippen molar-refractivity contribution in [3.05, 3.63) is 46.9 Å². The third-order valence-electron chi connectivity index (χ3n) is 2.81. The zero-order chi connectivity index (χ0) is 13.1. The first-order valence-corrected chi connectivity index (χ1v) is 6.34. The fourth-order valence-electron chi connectivity index (χ4n) is 1.75. The zero-order valence-electron chi connectivity index (χ0n) is 10.4. The van der Waals surface area contributed by atoms with E-state index in [0.717, 1.165) is 27.3 Å². The number of benzene rings is 2. The fourth-order valence-corrected chi connectivity index (χ4v) is 2.10. The predicted octanol–water partition coefficient (Wildman–Crippen LogP) is 3.81. The molecule has 0 bridgehead atoms. The summed E-state index contributed by atoms with van der Waals surface area (Å²) in [6.07, 6.45) is 0. The molecule has 94 valence electrons. The number of hydrogen-bond donors (Lipinski definition) is 1. The molecule has 0 aliphatic heterocycles. The van der Waals surface area contributed by atoms with Crippen molar-refractivity contribution in [2.75, 3.05) is 24.8 Å². The molecule has 2 aromatic carbocycles. The van der Waals surface area contributed by atoms with Crippen LogP contribution in [0.25, 0.3) is 0 Å². The van der Waals surface area contributed by atoms with Crippen LogP contribution in [0.4, 0.5) is 17.1 Å². The molecule has 0 aliphatic rings. The minimum absolute atomic E-state index is 0.747. The Morgan fingerprint density at radius 1 is 1.11 bits per heavy atom. The van der Waals surface area contributed by atoms with Crippen LogP contribution in [0.2, 0.25) is 0 Å². The minimum Gasteiger partial charge on any atom is -0.497 e. The Kier molecular flexibility index (Phi) is 3.77. The van der Waals surface area contributed by atoms with E-state index in [-0.39, 0.29) is 0 Å². The molecule has 0 fully saturated rings. The number of ether oxygens (including phenoxy) is 1. The molecule has 0 aliphatic carbocycles. The lowest BCUT2D eigenvalue weighted by Crippen LogP contribution is -2.11. The molecule has 0 radical (unpaired) electrons. The molecule has 2 aromatic rings. The van der Waals surface area contributed by atoms with Gasteiger partial charge in [-0.25, -0.2) is 0 Å². The number of nitrogens with zero attached hydrogens (tertiary/aromatic N) is 1. The highest BCUT2D eigenvalue weighted by molar-refractivity contribution is 9.10. The summed E-state index contributed by atoms with van der Waals surface area (Å²) in [5.74, 6) is 0.842. The molecule has 0 aromatic heterocycles. The molecular formula is C14H15BrN2O. The Bertz CT molecular complexity index is 540. The summed E-state index contributed by atoms with van der Waals surface area (Å²) in [7, 11) is 3.64. The molecule has 2 rings (SSSR count). The Morgan fingerprint density at radius 3 is 2.39 bits per heavy atom. The third kappa shape index (κ3) is 2.59. The van der Waals surface area contributed by atoms with Crippen molar-refractivity contribution in [2.24, 2.45) is 0 Å². The minimum atomic E-state index is 0.747. The summed E-state index contributed by atoms with van der Waals surface area (Å²) in [6.45, 7) is 0. The van der Waals surface area contributed by atoms with Gasteiger partial charge in [0.2, 0.25) is 0 Å². The van der Waals surface area contributed by atoms with Crippen LogP contribution >= 0.6 is 15.9 Å². The maximum Gasteiger partial charge on any atom is 0.119 e. The van der Waals surface area contributed by atoms with Gasteiger partial charge in [-0.3, -0.25) is 0 Å². The molecule has 0 unspecified atom stereocenters. The second kappa shape index (κ2) is 5.31. The summed E-state index contributed by atoms with van der Waals surface area (Å²) >= 11 is 3.46. The van der Waals surface area contributed by atoms with Crippen LogP contribution in [-0.2, 0) is 0 Å². The Morgan fingerprint density at radius 2 is 1.78 bits per heavy atom. The average Bonchev–Trinajstić information content (AvgIpc) is 2.41. The van der Waals surface area contributed by atoms with Crippen LogP contribution in [-0.4, -0.2) is 14.2 Å². The molecule has 18 heavy (non-hydrogen) atoms. The molecule has 3 nitrogen and oxygen atoms in total. The van der Waals surface area contributed by atoms with E-state index in [4.69, 9.17) is 10.5 Å². The molecule has 0 amide bonds. The highest BCUT2D eigenvalue weighted by Crippen LogP contribution is 2.32. The molecule has 0 atom stereocenters. The number of anilines is 3. The van der Waals surface area contributed by atoms with E-state index in [0.29, 0.717) is 0 Å². The van der Waals surface area contributed by atoms with Crippen LogP contribution in [0.5, 0.6) is 5.75 Å². The van der Waals surface area contributed by atoms with Crippen molar-refractivity contribution >= 4 is 33.0 Å². The van der Waals surface area contributed by atoms with E-state index in [1.807, 2.05) is 54.4 Å². The van der Waals surface area contributed by atoms with E-state index >= 15 is 0 Å². The molecule has 4 heteroatoms. The van der Waals surface area contributed by atoms with Gasteiger partial charge in [-0.1, -0.05) is 15.9 Å². The van der Waals surface area contributed by atoms with Gasteiger partial charge in [0, 0.05) is 17.2 Å². The number of nitrogen functional groups attached to an aromatic ring is 1. The van der Waals surface area contributed by atoms with Gasteiger partial charge >= 0.3 is 0 Å². The van der Waals surface area contributed by atoms with Crippen molar-refractivity contribution in [3.63, 3.8) is 0 Å². The predicted molar refractivity (Wildman–Crippen MR) is 79.6 cm³/mol. The smallest absolute Gasteiger partial charge is 0.119 e.